The molecule has 25 heavy (non-hydrogen) atoms. The lowest BCUT2D eigenvalue weighted by molar-refractivity contribution is -0.127. The predicted molar refractivity (Wildman–Crippen MR) is 96.0 cm³/mol. The third-order valence-electron chi connectivity index (χ3n) is 3.61. The van der Waals surface area contributed by atoms with Crippen molar-refractivity contribution in [1.29, 1.82) is 5.26 Å². The van der Waals surface area contributed by atoms with E-state index in [2.05, 4.69) is 5.32 Å². The van der Waals surface area contributed by atoms with Crippen molar-refractivity contribution in [3.8, 4) is 17.6 Å². The lowest BCUT2D eigenvalue weighted by Gasteiger charge is -2.15. The van der Waals surface area contributed by atoms with Gasteiger partial charge in [0.25, 0.3) is 5.91 Å². The molecule has 2 rings (SSSR count). The molecule has 1 amide bonds. The lowest BCUT2D eigenvalue weighted by Crippen LogP contribution is -2.37. The molecule has 0 saturated carbocycles. The van der Waals surface area contributed by atoms with Crippen molar-refractivity contribution in [2.24, 2.45) is 0 Å². The first-order valence-corrected chi connectivity index (χ1v) is 8.18. The third kappa shape index (κ3) is 5.40. The van der Waals surface area contributed by atoms with Crippen LogP contribution in [0.4, 0.5) is 0 Å². The number of carbonyl (C=O) groups is 1. The van der Waals surface area contributed by atoms with E-state index in [-0.39, 0.29) is 5.91 Å². The molecule has 0 heterocycles. The highest BCUT2D eigenvalue weighted by Crippen LogP contribution is 2.26. The van der Waals surface area contributed by atoms with E-state index in [0.717, 1.165) is 11.3 Å². The van der Waals surface area contributed by atoms with Gasteiger partial charge in [-0.15, -0.1) is 0 Å². The molecule has 130 valence electrons. The maximum Gasteiger partial charge on any atom is 0.260 e. The molecule has 0 unspecified atom stereocenters. The van der Waals surface area contributed by atoms with Crippen LogP contribution < -0.4 is 14.8 Å². The molecule has 5 nitrogen and oxygen atoms in total. The molecule has 2 aromatic rings. The van der Waals surface area contributed by atoms with E-state index in [1.165, 1.54) is 6.07 Å². The zero-order valence-electron chi connectivity index (χ0n) is 14.1. The van der Waals surface area contributed by atoms with Crippen molar-refractivity contribution < 1.29 is 14.3 Å². The Kier molecular flexibility index (Phi) is 6.67. The van der Waals surface area contributed by atoms with Crippen LogP contribution in [-0.2, 0) is 11.2 Å². The number of amides is 1. The monoisotopic (exact) mass is 358 g/mol. The largest absolute Gasteiger partial charge is 0.497 e. The summed E-state index contributed by atoms with van der Waals surface area (Å²) < 4.78 is 10.7. The molecule has 6 heteroatoms. The average Bonchev–Trinajstić information content (AvgIpc) is 2.63. The number of benzene rings is 2. The van der Waals surface area contributed by atoms with Crippen LogP contribution in [0.15, 0.2) is 42.5 Å². The molecule has 0 fully saturated rings. The van der Waals surface area contributed by atoms with E-state index >= 15 is 0 Å². The Bertz CT molecular complexity index is 769. The minimum atomic E-state index is -0.693. The Morgan fingerprint density at radius 1 is 1.28 bits per heavy atom. The van der Waals surface area contributed by atoms with Gasteiger partial charge in [0, 0.05) is 6.54 Å². The fourth-order valence-electron chi connectivity index (χ4n) is 2.18. The van der Waals surface area contributed by atoms with Crippen LogP contribution in [0.2, 0.25) is 5.02 Å². The zero-order valence-corrected chi connectivity index (χ0v) is 14.8. The van der Waals surface area contributed by atoms with Gasteiger partial charge in [-0.2, -0.15) is 5.26 Å². The number of methoxy groups -OCH3 is 1. The number of hydrogen-bond acceptors (Lipinski definition) is 4. The second-order valence-corrected chi connectivity index (χ2v) is 5.81. The summed E-state index contributed by atoms with van der Waals surface area (Å²) in [7, 11) is 1.62. The summed E-state index contributed by atoms with van der Waals surface area (Å²) in [5, 5.41) is 12.0. The van der Waals surface area contributed by atoms with Crippen LogP contribution in [-0.4, -0.2) is 25.7 Å². The fraction of sp³-hybridized carbons (Fsp3) is 0.263. The SMILES string of the molecule is COc1ccc(CCNC(=O)[C@@H](C)Oc2ccc(C#N)cc2Cl)cc1. The van der Waals surface area contributed by atoms with Crippen LogP contribution in [0.3, 0.4) is 0 Å². The number of halogens is 1. The Hall–Kier alpha value is -2.71. The van der Waals surface area contributed by atoms with Crippen LogP contribution in [0.25, 0.3) is 0 Å². The van der Waals surface area contributed by atoms with Gasteiger partial charge in [-0.05, 0) is 49.2 Å². The van der Waals surface area contributed by atoms with Gasteiger partial charge in [0.05, 0.1) is 23.8 Å². The van der Waals surface area contributed by atoms with Crippen LogP contribution >= 0.6 is 11.6 Å². The molecule has 0 radical (unpaired) electrons. The van der Waals surface area contributed by atoms with Crippen molar-refractivity contribution in [1.82, 2.24) is 5.32 Å². The number of hydrogen-bond donors (Lipinski definition) is 1. The normalized spacial score (nSPS) is 11.3. The summed E-state index contributed by atoms with van der Waals surface area (Å²) in [5.74, 6) is 0.946. The highest BCUT2D eigenvalue weighted by molar-refractivity contribution is 6.32. The average molecular weight is 359 g/mol. The van der Waals surface area contributed by atoms with E-state index in [0.29, 0.717) is 29.3 Å². The van der Waals surface area contributed by atoms with Crippen molar-refractivity contribution in [3.63, 3.8) is 0 Å². The molecule has 0 aliphatic rings. The first kappa shape index (κ1) is 18.6. The summed E-state index contributed by atoms with van der Waals surface area (Å²) in [4.78, 5) is 12.1. The molecule has 0 saturated heterocycles. The van der Waals surface area contributed by atoms with Crippen LogP contribution in [0.5, 0.6) is 11.5 Å². The van der Waals surface area contributed by atoms with Crippen molar-refractivity contribution in [2.75, 3.05) is 13.7 Å². The van der Waals surface area contributed by atoms with Gasteiger partial charge in [0.2, 0.25) is 0 Å². The molecule has 1 N–H and O–H groups in total. The summed E-state index contributed by atoms with van der Waals surface area (Å²) in [5.41, 5.74) is 1.54. The number of nitrogens with one attached hydrogen (secondary N) is 1. The smallest absolute Gasteiger partial charge is 0.260 e. The molecule has 0 aromatic heterocycles. The van der Waals surface area contributed by atoms with Gasteiger partial charge in [-0.25, -0.2) is 0 Å². The number of carbonyl (C=O) groups excluding carboxylic acids is 1. The third-order valence-corrected chi connectivity index (χ3v) is 3.90. The number of nitrogens with zero attached hydrogens (tertiary/aromatic N) is 1. The van der Waals surface area contributed by atoms with Crippen molar-refractivity contribution in [3.05, 3.63) is 58.6 Å². The number of nitriles is 1. The first-order chi connectivity index (χ1) is 12.0. The van der Waals surface area contributed by atoms with E-state index in [1.54, 1.807) is 26.2 Å². The summed E-state index contributed by atoms with van der Waals surface area (Å²) in [6, 6.07) is 14.4. The van der Waals surface area contributed by atoms with Gasteiger partial charge in [-0.3, -0.25) is 4.79 Å². The maximum absolute atomic E-state index is 12.1. The minimum absolute atomic E-state index is 0.228. The van der Waals surface area contributed by atoms with E-state index < -0.39 is 6.10 Å². The quantitative estimate of drug-likeness (QED) is 0.823. The van der Waals surface area contributed by atoms with Crippen molar-refractivity contribution >= 4 is 17.5 Å². The molecule has 0 aliphatic heterocycles. The molecular weight excluding hydrogens is 340 g/mol. The summed E-state index contributed by atoms with van der Waals surface area (Å²) >= 11 is 6.05. The second kappa shape index (κ2) is 8.95. The van der Waals surface area contributed by atoms with Gasteiger partial charge in [0.15, 0.2) is 6.10 Å². The highest BCUT2D eigenvalue weighted by atomic mass is 35.5. The predicted octanol–water partition coefficient (Wildman–Crippen LogP) is 3.35. The highest BCUT2D eigenvalue weighted by Gasteiger charge is 2.15. The van der Waals surface area contributed by atoms with Crippen molar-refractivity contribution in [2.45, 2.75) is 19.4 Å². The standard InChI is InChI=1S/C19H19ClN2O3/c1-13(25-18-8-5-15(12-21)11-17(18)20)19(23)22-10-9-14-3-6-16(24-2)7-4-14/h3-8,11,13H,9-10H2,1-2H3,(H,22,23)/t13-/m1/s1. The molecule has 0 bridgehead atoms. The molecule has 1 atom stereocenters. The molecule has 0 spiro atoms. The number of ether oxygens (including phenoxy) is 2. The molecule has 2 aromatic carbocycles. The number of rotatable bonds is 7. The topological polar surface area (TPSA) is 71.3 Å². The summed E-state index contributed by atoms with van der Waals surface area (Å²) in [6.45, 7) is 2.15. The fourth-order valence-corrected chi connectivity index (χ4v) is 2.40. The first-order valence-electron chi connectivity index (χ1n) is 7.80. The minimum Gasteiger partial charge on any atom is -0.497 e. The van der Waals surface area contributed by atoms with Crippen LogP contribution in [0, 0.1) is 11.3 Å². The maximum atomic E-state index is 12.1. The Morgan fingerprint density at radius 2 is 2.00 bits per heavy atom. The Labute approximate surface area is 152 Å². The van der Waals surface area contributed by atoms with Gasteiger partial charge < -0.3 is 14.8 Å². The van der Waals surface area contributed by atoms with Crippen LogP contribution in [0.1, 0.15) is 18.1 Å². The van der Waals surface area contributed by atoms with Gasteiger partial charge in [0.1, 0.15) is 11.5 Å². The second-order valence-electron chi connectivity index (χ2n) is 5.41. The lowest BCUT2D eigenvalue weighted by atomic mass is 10.1. The van der Waals surface area contributed by atoms with E-state index in [9.17, 15) is 4.79 Å². The zero-order chi connectivity index (χ0) is 18.2. The van der Waals surface area contributed by atoms with E-state index in [1.807, 2.05) is 30.3 Å². The Morgan fingerprint density at radius 3 is 2.60 bits per heavy atom. The van der Waals surface area contributed by atoms with Gasteiger partial charge in [-0.1, -0.05) is 23.7 Å². The Balaban J connectivity index is 1.82. The molecule has 0 aliphatic carbocycles. The van der Waals surface area contributed by atoms with Gasteiger partial charge >= 0.3 is 0 Å². The van der Waals surface area contributed by atoms with E-state index in [4.69, 9.17) is 26.3 Å². The molecular formula is C19H19ClN2O3. The summed E-state index contributed by atoms with van der Waals surface area (Å²) in [6.07, 6.45) is 0.0152.